The molecule has 0 fully saturated rings. The van der Waals surface area contributed by atoms with E-state index in [4.69, 9.17) is 14.2 Å². The summed E-state index contributed by atoms with van der Waals surface area (Å²) in [6, 6.07) is 0. The van der Waals surface area contributed by atoms with Crippen LogP contribution in [0.5, 0.6) is 17.2 Å². The number of hydrogen-bond acceptors (Lipinski definition) is 5. The van der Waals surface area contributed by atoms with Crippen LogP contribution in [0, 0.1) is 0 Å². The smallest absolute Gasteiger partial charge is 0.339 e. The summed E-state index contributed by atoms with van der Waals surface area (Å²) in [5.74, 6) is 1.13. The van der Waals surface area contributed by atoms with E-state index >= 15 is 0 Å². The number of rotatable bonds is 0. The summed E-state index contributed by atoms with van der Waals surface area (Å²) in [6.07, 6.45) is 8.27. The summed E-state index contributed by atoms with van der Waals surface area (Å²) in [7, 11) is 0. The maximum atomic E-state index is 13.0. The Balaban J connectivity index is 1.79. The number of fused-ring (bicyclic) bond motifs is 6. The second-order valence-electron chi connectivity index (χ2n) is 8.70. The van der Waals surface area contributed by atoms with Gasteiger partial charge in [0.05, 0.1) is 5.56 Å². The summed E-state index contributed by atoms with van der Waals surface area (Å²) in [5, 5.41) is 0. The molecule has 0 aromatic heterocycles. The number of ether oxygens (including phenoxy) is 3. The van der Waals surface area contributed by atoms with Gasteiger partial charge in [-0.25, -0.2) is 4.79 Å². The van der Waals surface area contributed by atoms with Crippen molar-refractivity contribution in [3.63, 3.8) is 0 Å². The van der Waals surface area contributed by atoms with Gasteiger partial charge in [-0.3, -0.25) is 4.79 Å². The molecular weight excluding hydrogens is 356 g/mol. The van der Waals surface area contributed by atoms with E-state index in [1.165, 1.54) is 0 Å². The van der Waals surface area contributed by atoms with Crippen molar-refractivity contribution >= 4 is 17.8 Å². The summed E-state index contributed by atoms with van der Waals surface area (Å²) in [6.45, 7) is 5.85. The molecule has 146 valence electrons. The predicted octanol–water partition coefficient (Wildman–Crippen LogP) is 4.56. The van der Waals surface area contributed by atoms with Gasteiger partial charge in [-0.2, -0.15) is 0 Å². The number of benzene rings is 1. The molecule has 1 atom stereocenters. The molecule has 1 aromatic carbocycles. The lowest BCUT2D eigenvalue weighted by molar-refractivity contribution is -0.130. The molecule has 0 N–H and O–H groups in total. The van der Waals surface area contributed by atoms with Crippen LogP contribution < -0.4 is 14.2 Å². The second kappa shape index (κ2) is 5.97. The van der Waals surface area contributed by atoms with Crippen molar-refractivity contribution in [1.29, 1.82) is 0 Å². The molecule has 0 saturated heterocycles. The molecule has 0 saturated carbocycles. The Morgan fingerprint density at radius 1 is 1.07 bits per heavy atom. The summed E-state index contributed by atoms with van der Waals surface area (Å²) >= 11 is 0. The number of carbonyl (C=O) groups is 2. The number of allylic oxidation sites excluding steroid dienone is 1. The Labute approximate surface area is 164 Å². The van der Waals surface area contributed by atoms with Crippen LogP contribution in [-0.2, 0) is 11.2 Å². The molecule has 3 heterocycles. The zero-order valence-electron chi connectivity index (χ0n) is 16.5. The Morgan fingerprint density at radius 2 is 1.86 bits per heavy atom. The second-order valence-corrected chi connectivity index (χ2v) is 8.70. The van der Waals surface area contributed by atoms with Gasteiger partial charge < -0.3 is 14.2 Å². The molecule has 5 nitrogen and oxygen atoms in total. The number of Topliss-reactive ketones (excluding diaryl/α,β-unsaturated/α-hetero) is 1. The lowest BCUT2D eigenvalue weighted by atomic mass is 9.85. The van der Waals surface area contributed by atoms with E-state index in [-0.39, 0.29) is 24.3 Å². The average Bonchev–Trinajstić information content (AvgIpc) is 2.77. The van der Waals surface area contributed by atoms with Crippen molar-refractivity contribution in [2.75, 3.05) is 0 Å². The summed E-state index contributed by atoms with van der Waals surface area (Å²) < 4.78 is 18.3. The molecule has 5 heteroatoms. The van der Waals surface area contributed by atoms with E-state index in [0.29, 0.717) is 29.2 Å². The lowest BCUT2D eigenvalue weighted by Gasteiger charge is -2.34. The first-order valence-corrected chi connectivity index (χ1v) is 10.1. The van der Waals surface area contributed by atoms with Crippen LogP contribution in [0.2, 0.25) is 0 Å². The molecular formula is C23H24O5. The van der Waals surface area contributed by atoms with E-state index in [9.17, 15) is 9.59 Å². The quantitative estimate of drug-likeness (QED) is 0.488. The van der Waals surface area contributed by atoms with E-state index in [0.717, 1.165) is 48.0 Å². The molecule has 0 radical (unpaired) electrons. The van der Waals surface area contributed by atoms with Gasteiger partial charge in [0.15, 0.2) is 11.5 Å². The van der Waals surface area contributed by atoms with Crippen molar-refractivity contribution < 1.29 is 23.8 Å². The summed E-state index contributed by atoms with van der Waals surface area (Å²) in [4.78, 5) is 25.8. The number of carbonyl (C=O) groups excluding carboxylic acids is 2. The van der Waals surface area contributed by atoms with Gasteiger partial charge >= 0.3 is 5.97 Å². The molecule has 1 aromatic rings. The molecule has 0 amide bonds. The first-order valence-electron chi connectivity index (χ1n) is 10.1. The summed E-state index contributed by atoms with van der Waals surface area (Å²) in [5.41, 5.74) is 3.38. The van der Waals surface area contributed by atoms with Crippen LogP contribution in [0.25, 0.3) is 6.08 Å². The molecule has 3 aliphatic heterocycles. The Hall–Kier alpha value is -2.56. The number of hydrogen-bond donors (Lipinski definition) is 0. The van der Waals surface area contributed by atoms with Gasteiger partial charge in [0.1, 0.15) is 28.8 Å². The SMILES string of the molecule is CC1CC(=O)c2c(c3c(c4c2OC(=O)C2=C(CCCC2)C4)OC(C)(C)C=C3)O1. The fraction of sp³-hybridized carbons (Fsp3) is 0.478. The topological polar surface area (TPSA) is 61.8 Å². The van der Waals surface area contributed by atoms with E-state index in [1.807, 2.05) is 32.9 Å². The minimum Gasteiger partial charge on any atom is -0.489 e. The zero-order chi connectivity index (χ0) is 19.6. The van der Waals surface area contributed by atoms with Crippen LogP contribution in [0.3, 0.4) is 0 Å². The molecule has 0 spiro atoms. The van der Waals surface area contributed by atoms with E-state index in [1.54, 1.807) is 0 Å². The van der Waals surface area contributed by atoms with Crippen LogP contribution in [-0.4, -0.2) is 23.5 Å². The molecule has 5 rings (SSSR count). The monoisotopic (exact) mass is 380 g/mol. The Kier molecular flexibility index (Phi) is 3.74. The van der Waals surface area contributed by atoms with Crippen molar-refractivity contribution in [3.05, 3.63) is 33.9 Å². The Bertz CT molecular complexity index is 979. The third-order valence-corrected chi connectivity index (χ3v) is 5.99. The van der Waals surface area contributed by atoms with Gasteiger partial charge in [0.25, 0.3) is 0 Å². The minimum atomic E-state index is -0.487. The van der Waals surface area contributed by atoms with Crippen molar-refractivity contribution in [2.45, 2.75) is 71.0 Å². The third kappa shape index (κ3) is 2.60. The van der Waals surface area contributed by atoms with Gasteiger partial charge in [-0.05, 0) is 58.6 Å². The fourth-order valence-corrected chi connectivity index (χ4v) is 4.64. The van der Waals surface area contributed by atoms with Gasteiger partial charge in [-0.15, -0.1) is 0 Å². The Morgan fingerprint density at radius 3 is 2.68 bits per heavy atom. The maximum Gasteiger partial charge on any atom is 0.339 e. The largest absolute Gasteiger partial charge is 0.489 e. The zero-order valence-corrected chi connectivity index (χ0v) is 16.5. The minimum absolute atomic E-state index is 0.0429. The molecule has 1 aliphatic carbocycles. The van der Waals surface area contributed by atoms with Crippen LogP contribution in [0.1, 0.15) is 74.4 Å². The highest BCUT2D eigenvalue weighted by atomic mass is 16.5. The van der Waals surface area contributed by atoms with Gasteiger partial charge in [0.2, 0.25) is 0 Å². The van der Waals surface area contributed by atoms with E-state index in [2.05, 4.69) is 0 Å². The van der Waals surface area contributed by atoms with Crippen molar-refractivity contribution in [2.24, 2.45) is 0 Å². The normalized spacial score (nSPS) is 24.8. The number of esters is 1. The third-order valence-electron chi connectivity index (χ3n) is 5.99. The van der Waals surface area contributed by atoms with E-state index < -0.39 is 5.60 Å². The first-order chi connectivity index (χ1) is 13.3. The first kappa shape index (κ1) is 17.5. The highest BCUT2D eigenvalue weighted by Gasteiger charge is 2.40. The van der Waals surface area contributed by atoms with Gasteiger partial charge in [-0.1, -0.05) is 5.57 Å². The van der Waals surface area contributed by atoms with Gasteiger partial charge in [0, 0.05) is 24.0 Å². The fourth-order valence-electron chi connectivity index (χ4n) is 4.64. The maximum absolute atomic E-state index is 13.0. The van der Waals surface area contributed by atoms with Crippen molar-refractivity contribution in [1.82, 2.24) is 0 Å². The highest BCUT2D eigenvalue weighted by Crippen LogP contribution is 2.52. The van der Waals surface area contributed by atoms with Crippen LogP contribution >= 0.6 is 0 Å². The number of ketones is 1. The molecule has 1 unspecified atom stereocenters. The van der Waals surface area contributed by atoms with Crippen molar-refractivity contribution in [3.8, 4) is 17.2 Å². The van der Waals surface area contributed by atoms with Crippen LogP contribution in [0.4, 0.5) is 0 Å². The molecule has 28 heavy (non-hydrogen) atoms. The average molecular weight is 380 g/mol. The molecule has 4 aliphatic rings. The standard InChI is InChI=1S/C23H24O5/c1-12-10-17(24)18-20(26-12)15-8-9-23(2,3)28-19(15)16-11-13-6-4-5-7-14(13)22(25)27-21(16)18/h8-9,12H,4-7,10-11H2,1-3H3. The van der Waals surface area contributed by atoms with Crippen LogP contribution in [0.15, 0.2) is 17.2 Å². The predicted molar refractivity (Wildman–Crippen MR) is 104 cm³/mol. The lowest BCUT2D eigenvalue weighted by Crippen LogP contribution is -2.31. The molecule has 0 bridgehead atoms. The highest BCUT2D eigenvalue weighted by molar-refractivity contribution is 6.06.